The molecular weight excluding hydrogens is 386 g/mol. The van der Waals surface area contributed by atoms with Crippen LogP contribution in [0, 0.1) is 23.5 Å². The van der Waals surface area contributed by atoms with Gasteiger partial charge in [0.2, 0.25) is 0 Å². The van der Waals surface area contributed by atoms with Crippen LogP contribution in [0.3, 0.4) is 0 Å². The Hall–Kier alpha value is -3.85. The molecule has 0 aliphatic heterocycles. The smallest absolute Gasteiger partial charge is 0.407 e. The number of benzene rings is 3. The van der Waals surface area contributed by atoms with Gasteiger partial charge in [0, 0.05) is 12.0 Å². The van der Waals surface area contributed by atoms with Gasteiger partial charge < -0.3 is 15.8 Å². The number of amides is 1. The molecule has 0 saturated heterocycles. The number of carbonyl (C=O) groups is 1. The highest BCUT2D eigenvalue weighted by molar-refractivity contribution is 5.79. The normalized spacial score (nSPS) is 11.8. The zero-order chi connectivity index (χ0) is 21.1. The van der Waals surface area contributed by atoms with E-state index in [1.54, 1.807) is 0 Å². The lowest BCUT2D eigenvalue weighted by molar-refractivity contribution is 0.144. The molecule has 0 saturated carbocycles. The zero-order valence-corrected chi connectivity index (χ0v) is 15.9. The first-order chi connectivity index (χ1) is 14.5. The molecule has 6 heteroatoms. The molecule has 150 valence electrons. The number of nitrogens with two attached hydrogens (primary N) is 1. The molecule has 30 heavy (non-hydrogen) atoms. The highest BCUT2D eigenvalue weighted by Crippen LogP contribution is 2.44. The topological polar surface area (TPSA) is 64.3 Å². The molecule has 0 aromatic heterocycles. The Morgan fingerprint density at radius 3 is 2.30 bits per heavy atom. The maximum absolute atomic E-state index is 13.7. The first-order valence-electron chi connectivity index (χ1n) is 9.37. The molecule has 0 bridgehead atoms. The summed E-state index contributed by atoms with van der Waals surface area (Å²) in [5, 5.41) is 2.49. The Labute approximate surface area is 172 Å². The van der Waals surface area contributed by atoms with Crippen molar-refractivity contribution in [3.05, 3.63) is 89.0 Å². The van der Waals surface area contributed by atoms with Gasteiger partial charge in [-0.05, 0) is 28.3 Å². The largest absolute Gasteiger partial charge is 0.449 e. The number of halogens is 2. The van der Waals surface area contributed by atoms with Gasteiger partial charge in [0.15, 0.2) is 0 Å². The van der Waals surface area contributed by atoms with E-state index < -0.39 is 17.7 Å². The second-order valence-electron chi connectivity index (χ2n) is 6.83. The summed E-state index contributed by atoms with van der Waals surface area (Å²) >= 11 is 0. The van der Waals surface area contributed by atoms with Gasteiger partial charge >= 0.3 is 6.09 Å². The highest BCUT2D eigenvalue weighted by atomic mass is 19.1. The van der Waals surface area contributed by atoms with Crippen LogP contribution >= 0.6 is 0 Å². The predicted octanol–water partition coefficient (Wildman–Crippen LogP) is 4.44. The van der Waals surface area contributed by atoms with E-state index in [0.717, 1.165) is 34.4 Å². The molecule has 0 radical (unpaired) electrons. The molecular formula is C24H18F2N2O2. The number of fused-ring (bicyclic) bond motifs is 3. The SMILES string of the molecule is Nc1cc(F)c(C#CCNC(=O)OCC2c3ccccc3-c3ccccc32)cc1F. The average Bonchev–Trinajstić information content (AvgIpc) is 3.07. The minimum Gasteiger partial charge on any atom is -0.449 e. The number of rotatable bonds is 3. The molecule has 1 aliphatic rings. The first-order valence-corrected chi connectivity index (χ1v) is 9.37. The molecule has 3 N–H and O–H groups in total. The fourth-order valence-electron chi connectivity index (χ4n) is 3.56. The van der Waals surface area contributed by atoms with Gasteiger partial charge in [0.1, 0.15) is 18.2 Å². The van der Waals surface area contributed by atoms with Crippen molar-refractivity contribution in [2.45, 2.75) is 5.92 Å². The van der Waals surface area contributed by atoms with E-state index >= 15 is 0 Å². The van der Waals surface area contributed by atoms with Crippen molar-refractivity contribution in [1.29, 1.82) is 0 Å². The molecule has 0 unspecified atom stereocenters. The van der Waals surface area contributed by atoms with Crippen molar-refractivity contribution in [2.75, 3.05) is 18.9 Å². The van der Waals surface area contributed by atoms with Crippen LogP contribution in [-0.2, 0) is 4.74 Å². The Bertz CT molecular complexity index is 1140. The molecule has 1 aliphatic carbocycles. The van der Waals surface area contributed by atoms with Gasteiger partial charge in [0.25, 0.3) is 0 Å². The fraction of sp³-hybridized carbons (Fsp3) is 0.125. The van der Waals surface area contributed by atoms with Gasteiger partial charge in [-0.25, -0.2) is 13.6 Å². The first kappa shape index (κ1) is 19.5. The summed E-state index contributed by atoms with van der Waals surface area (Å²) in [6.45, 7) is 0.118. The minimum absolute atomic E-state index is 0.0407. The summed E-state index contributed by atoms with van der Waals surface area (Å²) < 4.78 is 32.5. The summed E-state index contributed by atoms with van der Waals surface area (Å²) in [7, 11) is 0. The number of hydrogen-bond acceptors (Lipinski definition) is 3. The number of hydrogen-bond donors (Lipinski definition) is 2. The van der Waals surface area contributed by atoms with Crippen molar-refractivity contribution >= 4 is 11.8 Å². The van der Waals surface area contributed by atoms with E-state index in [1.165, 1.54) is 0 Å². The Balaban J connectivity index is 1.36. The van der Waals surface area contributed by atoms with E-state index in [1.807, 2.05) is 36.4 Å². The minimum atomic E-state index is -0.745. The molecule has 0 atom stereocenters. The second-order valence-corrected chi connectivity index (χ2v) is 6.83. The number of anilines is 1. The third kappa shape index (κ3) is 3.83. The molecule has 0 fully saturated rings. The lowest BCUT2D eigenvalue weighted by Crippen LogP contribution is -2.26. The van der Waals surface area contributed by atoms with Crippen LogP contribution in [0.5, 0.6) is 0 Å². The van der Waals surface area contributed by atoms with Crippen LogP contribution in [0.1, 0.15) is 22.6 Å². The van der Waals surface area contributed by atoms with Gasteiger partial charge in [-0.15, -0.1) is 0 Å². The summed E-state index contributed by atoms with van der Waals surface area (Å²) in [4.78, 5) is 12.0. The van der Waals surface area contributed by atoms with Crippen molar-refractivity contribution in [1.82, 2.24) is 5.32 Å². The van der Waals surface area contributed by atoms with Crippen molar-refractivity contribution < 1.29 is 18.3 Å². The molecule has 3 aromatic carbocycles. The van der Waals surface area contributed by atoms with E-state index in [-0.39, 0.29) is 30.3 Å². The summed E-state index contributed by atoms with van der Waals surface area (Å²) in [5.41, 5.74) is 9.40. The van der Waals surface area contributed by atoms with E-state index in [4.69, 9.17) is 10.5 Å². The Kier molecular flexibility index (Phi) is 5.36. The standard InChI is InChI=1S/C24H18F2N2O2/c25-21-13-23(27)22(26)12-15(21)6-5-11-28-24(29)30-14-20-18-9-3-1-7-16(18)17-8-2-4-10-19(17)20/h1-4,7-10,12-13,20H,11,14,27H2,(H,28,29). The fourth-order valence-corrected chi connectivity index (χ4v) is 3.56. The van der Waals surface area contributed by atoms with Crippen molar-refractivity contribution in [2.24, 2.45) is 0 Å². The number of ether oxygens (including phenoxy) is 1. The van der Waals surface area contributed by atoms with Crippen LogP contribution < -0.4 is 11.1 Å². The molecule has 3 aromatic rings. The number of nitrogens with one attached hydrogen (secondary N) is 1. The number of carbonyl (C=O) groups excluding carboxylic acids is 1. The molecule has 1 amide bonds. The molecule has 4 rings (SSSR count). The second kappa shape index (κ2) is 8.26. The van der Waals surface area contributed by atoms with Crippen LogP contribution in [0.2, 0.25) is 0 Å². The summed E-state index contributed by atoms with van der Waals surface area (Å²) in [6, 6.07) is 17.9. The molecule has 0 spiro atoms. The van der Waals surface area contributed by atoms with E-state index in [9.17, 15) is 13.6 Å². The maximum atomic E-state index is 13.7. The van der Waals surface area contributed by atoms with Gasteiger partial charge in [-0.3, -0.25) is 0 Å². The lowest BCUT2D eigenvalue weighted by atomic mass is 9.98. The Morgan fingerprint density at radius 1 is 1.00 bits per heavy atom. The van der Waals surface area contributed by atoms with Crippen LogP contribution in [0.25, 0.3) is 11.1 Å². The third-order valence-electron chi connectivity index (χ3n) is 4.97. The van der Waals surface area contributed by atoms with Gasteiger partial charge in [0.05, 0.1) is 17.8 Å². The van der Waals surface area contributed by atoms with E-state index in [0.29, 0.717) is 0 Å². The zero-order valence-electron chi connectivity index (χ0n) is 15.9. The van der Waals surface area contributed by atoms with Gasteiger partial charge in [-0.2, -0.15) is 0 Å². The number of nitrogen functional groups attached to an aromatic ring is 1. The highest BCUT2D eigenvalue weighted by Gasteiger charge is 2.28. The molecule has 0 heterocycles. The van der Waals surface area contributed by atoms with Gasteiger partial charge in [-0.1, -0.05) is 60.4 Å². The average molecular weight is 404 g/mol. The number of alkyl carbamates (subject to hydrolysis) is 1. The molecule has 4 nitrogen and oxygen atoms in total. The quantitative estimate of drug-likeness (QED) is 0.501. The van der Waals surface area contributed by atoms with Crippen molar-refractivity contribution in [3.63, 3.8) is 0 Å². The summed E-state index contributed by atoms with van der Waals surface area (Å²) in [5.74, 6) is 3.53. The summed E-state index contributed by atoms with van der Waals surface area (Å²) in [6.07, 6.45) is -0.630. The van der Waals surface area contributed by atoms with Crippen LogP contribution in [0.15, 0.2) is 60.7 Å². The predicted molar refractivity (Wildman–Crippen MR) is 111 cm³/mol. The van der Waals surface area contributed by atoms with E-state index in [2.05, 4.69) is 29.3 Å². The van der Waals surface area contributed by atoms with Crippen molar-refractivity contribution in [3.8, 4) is 23.0 Å². The Morgan fingerprint density at radius 2 is 1.63 bits per heavy atom. The monoisotopic (exact) mass is 404 g/mol. The maximum Gasteiger partial charge on any atom is 0.407 e. The third-order valence-corrected chi connectivity index (χ3v) is 4.97. The van der Waals surface area contributed by atoms with Crippen LogP contribution in [-0.4, -0.2) is 19.2 Å². The van der Waals surface area contributed by atoms with Crippen LogP contribution in [0.4, 0.5) is 19.3 Å². The lowest BCUT2D eigenvalue weighted by Gasteiger charge is -2.14.